The minimum atomic E-state index is -1.03. The van der Waals surface area contributed by atoms with E-state index in [4.69, 9.17) is 9.39 Å². The number of hydrogen-bond donors (Lipinski definition) is 2. The van der Waals surface area contributed by atoms with Gasteiger partial charge in [0.25, 0.3) is 5.91 Å². The molecular formula is C17H16BNO5. The van der Waals surface area contributed by atoms with Crippen LogP contribution in [0.25, 0.3) is 0 Å². The maximum absolute atomic E-state index is 12.5. The molecule has 0 saturated heterocycles. The lowest BCUT2D eigenvalue weighted by Crippen LogP contribution is -2.35. The summed E-state index contributed by atoms with van der Waals surface area (Å²) >= 11 is 0. The molecule has 7 heteroatoms. The summed E-state index contributed by atoms with van der Waals surface area (Å²) in [5, 5.41) is 12.4. The number of rotatable bonds is 4. The van der Waals surface area contributed by atoms with Gasteiger partial charge in [0.2, 0.25) is 0 Å². The minimum absolute atomic E-state index is 0.313. The molecule has 2 aromatic carbocycles. The molecule has 2 aromatic rings. The van der Waals surface area contributed by atoms with Crippen LogP contribution in [-0.4, -0.2) is 31.1 Å². The number of amides is 1. The second-order valence-electron chi connectivity index (χ2n) is 5.42. The number of ether oxygens (including phenoxy) is 1. The Hall–Kier alpha value is -2.64. The smallest absolute Gasteiger partial charge is 0.467 e. The third-order valence-electron chi connectivity index (χ3n) is 3.92. The Morgan fingerprint density at radius 3 is 2.71 bits per heavy atom. The lowest BCUT2D eigenvalue weighted by Gasteiger charge is -2.17. The number of hydrogen-bond acceptors (Lipinski definition) is 5. The molecule has 0 aliphatic carbocycles. The zero-order chi connectivity index (χ0) is 17.1. The summed E-state index contributed by atoms with van der Waals surface area (Å²) in [4.78, 5) is 24.5. The highest BCUT2D eigenvalue weighted by molar-refractivity contribution is 6.61. The van der Waals surface area contributed by atoms with Crippen LogP contribution >= 0.6 is 0 Å². The summed E-state index contributed by atoms with van der Waals surface area (Å²) in [5.74, 6) is -0.991. The Labute approximate surface area is 139 Å². The van der Waals surface area contributed by atoms with Crippen LogP contribution in [0, 0.1) is 0 Å². The first-order valence-electron chi connectivity index (χ1n) is 7.46. The maximum atomic E-state index is 12.5. The van der Waals surface area contributed by atoms with Gasteiger partial charge in [-0.3, -0.25) is 4.79 Å². The summed E-state index contributed by atoms with van der Waals surface area (Å²) in [5.41, 5.74) is 2.37. The van der Waals surface area contributed by atoms with Crippen molar-refractivity contribution in [3.63, 3.8) is 0 Å². The van der Waals surface area contributed by atoms with E-state index in [-0.39, 0.29) is 0 Å². The van der Waals surface area contributed by atoms with E-state index in [0.717, 1.165) is 5.56 Å². The molecule has 0 spiro atoms. The Morgan fingerprint density at radius 2 is 2.00 bits per heavy atom. The fraction of sp³-hybridized carbons (Fsp3) is 0.176. The molecule has 6 nitrogen and oxygen atoms in total. The van der Waals surface area contributed by atoms with Gasteiger partial charge >= 0.3 is 13.1 Å². The normalized spacial score (nSPS) is 14.0. The van der Waals surface area contributed by atoms with E-state index in [1.807, 2.05) is 6.07 Å². The Bertz CT molecular complexity index is 765. The molecule has 1 amide bonds. The topological polar surface area (TPSA) is 84.9 Å². The highest BCUT2D eigenvalue weighted by atomic mass is 16.5. The summed E-state index contributed by atoms with van der Waals surface area (Å²) in [6.07, 6.45) is 0. The molecule has 122 valence electrons. The average Bonchev–Trinajstić information content (AvgIpc) is 3.00. The van der Waals surface area contributed by atoms with Gasteiger partial charge in [-0.2, -0.15) is 0 Å². The van der Waals surface area contributed by atoms with Crippen molar-refractivity contribution in [3.8, 4) is 0 Å². The lowest BCUT2D eigenvalue weighted by molar-refractivity contribution is -0.143. The zero-order valence-electron chi connectivity index (χ0n) is 13.1. The fourth-order valence-electron chi connectivity index (χ4n) is 2.61. The van der Waals surface area contributed by atoms with E-state index >= 15 is 0 Å². The fourth-order valence-corrected chi connectivity index (χ4v) is 2.61. The van der Waals surface area contributed by atoms with Gasteiger partial charge < -0.3 is 19.7 Å². The van der Waals surface area contributed by atoms with Gasteiger partial charge in [-0.1, -0.05) is 36.4 Å². The van der Waals surface area contributed by atoms with E-state index in [1.165, 1.54) is 7.11 Å². The van der Waals surface area contributed by atoms with E-state index in [1.54, 1.807) is 42.5 Å². The summed E-state index contributed by atoms with van der Waals surface area (Å²) in [6.45, 7) is 0.313. The zero-order valence-corrected chi connectivity index (χ0v) is 13.1. The monoisotopic (exact) mass is 325 g/mol. The van der Waals surface area contributed by atoms with Crippen LogP contribution in [0.2, 0.25) is 0 Å². The van der Waals surface area contributed by atoms with Crippen LogP contribution in [-0.2, 0) is 20.8 Å². The van der Waals surface area contributed by atoms with Gasteiger partial charge in [0.15, 0.2) is 6.04 Å². The highest BCUT2D eigenvalue weighted by Crippen LogP contribution is 2.16. The van der Waals surface area contributed by atoms with E-state index < -0.39 is 25.0 Å². The van der Waals surface area contributed by atoms with Crippen molar-refractivity contribution < 1.29 is 24.0 Å². The standard InChI is InChI=1S/C17H16BNO5/c1-23-17(21)15(11-5-3-2-4-6-11)19-16(20)12-7-8-13-10-24-18(22)14(13)9-12/h2-9,15,22H,10H2,1H3,(H,19,20). The van der Waals surface area contributed by atoms with Crippen LogP contribution in [0.4, 0.5) is 0 Å². The van der Waals surface area contributed by atoms with E-state index in [2.05, 4.69) is 5.32 Å². The summed E-state index contributed by atoms with van der Waals surface area (Å²) in [6, 6.07) is 12.9. The number of methoxy groups -OCH3 is 1. The van der Waals surface area contributed by atoms with Gasteiger partial charge in [-0.25, -0.2) is 4.79 Å². The van der Waals surface area contributed by atoms with Crippen molar-refractivity contribution in [3.05, 3.63) is 65.2 Å². The minimum Gasteiger partial charge on any atom is -0.467 e. The molecule has 2 N–H and O–H groups in total. The largest absolute Gasteiger partial charge is 0.491 e. The van der Waals surface area contributed by atoms with Crippen molar-refractivity contribution in [1.29, 1.82) is 0 Å². The lowest BCUT2D eigenvalue weighted by atomic mass is 9.78. The SMILES string of the molecule is COC(=O)C(NC(=O)c1ccc2c(c1)B(O)OC2)c1ccccc1. The Kier molecular flexibility index (Phi) is 4.64. The molecule has 0 radical (unpaired) electrons. The second-order valence-corrected chi connectivity index (χ2v) is 5.42. The Morgan fingerprint density at radius 1 is 1.25 bits per heavy atom. The first kappa shape index (κ1) is 16.2. The first-order chi connectivity index (χ1) is 11.6. The van der Waals surface area contributed by atoms with Crippen LogP contribution in [0.15, 0.2) is 48.5 Å². The molecular weight excluding hydrogens is 309 g/mol. The van der Waals surface area contributed by atoms with Crippen molar-refractivity contribution in [2.75, 3.05) is 7.11 Å². The Balaban J connectivity index is 1.84. The third-order valence-corrected chi connectivity index (χ3v) is 3.92. The number of carbonyl (C=O) groups is 2. The van der Waals surface area contributed by atoms with Gasteiger partial charge in [0.1, 0.15) is 0 Å². The predicted molar refractivity (Wildman–Crippen MR) is 87.5 cm³/mol. The van der Waals surface area contributed by atoms with Crippen LogP contribution in [0.1, 0.15) is 27.5 Å². The van der Waals surface area contributed by atoms with E-state index in [9.17, 15) is 14.6 Å². The van der Waals surface area contributed by atoms with Crippen molar-refractivity contribution >= 4 is 24.5 Å². The van der Waals surface area contributed by atoms with E-state index in [0.29, 0.717) is 23.2 Å². The molecule has 0 fully saturated rings. The molecule has 1 unspecified atom stereocenters. The number of benzene rings is 2. The number of fused-ring (bicyclic) bond motifs is 1. The summed E-state index contributed by atoms with van der Waals surface area (Å²) in [7, 11) is 0.242. The second kappa shape index (κ2) is 6.86. The number of nitrogens with one attached hydrogen (secondary N) is 1. The van der Waals surface area contributed by atoms with Crippen molar-refractivity contribution in [1.82, 2.24) is 5.32 Å². The van der Waals surface area contributed by atoms with Gasteiger partial charge in [0, 0.05) is 5.56 Å². The molecule has 1 heterocycles. The maximum Gasteiger partial charge on any atom is 0.491 e. The van der Waals surface area contributed by atoms with Gasteiger partial charge in [-0.15, -0.1) is 0 Å². The molecule has 1 atom stereocenters. The molecule has 0 bridgehead atoms. The highest BCUT2D eigenvalue weighted by Gasteiger charge is 2.29. The van der Waals surface area contributed by atoms with Crippen LogP contribution in [0.5, 0.6) is 0 Å². The summed E-state index contributed by atoms with van der Waals surface area (Å²) < 4.78 is 9.89. The number of esters is 1. The van der Waals surface area contributed by atoms with Crippen LogP contribution < -0.4 is 10.8 Å². The first-order valence-corrected chi connectivity index (χ1v) is 7.46. The molecule has 0 aromatic heterocycles. The predicted octanol–water partition coefficient (Wildman–Crippen LogP) is 0.548. The molecule has 0 saturated carbocycles. The van der Waals surface area contributed by atoms with Crippen molar-refractivity contribution in [2.45, 2.75) is 12.6 Å². The molecule has 3 rings (SSSR count). The average molecular weight is 325 g/mol. The molecule has 1 aliphatic rings. The number of carbonyl (C=O) groups excluding carboxylic acids is 2. The van der Waals surface area contributed by atoms with Crippen molar-refractivity contribution in [2.24, 2.45) is 0 Å². The van der Waals surface area contributed by atoms with Crippen LogP contribution in [0.3, 0.4) is 0 Å². The molecule has 24 heavy (non-hydrogen) atoms. The molecule has 1 aliphatic heterocycles. The van der Waals surface area contributed by atoms with Gasteiger partial charge in [-0.05, 0) is 28.7 Å². The quantitative estimate of drug-likeness (QED) is 0.633. The third kappa shape index (κ3) is 3.17. The van der Waals surface area contributed by atoms with Gasteiger partial charge in [0.05, 0.1) is 13.7 Å².